The van der Waals surface area contributed by atoms with E-state index in [1.165, 1.54) is 12.1 Å². The number of ether oxygens (including phenoxy) is 1. The third kappa shape index (κ3) is 6.91. The molecule has 1 aromatic carbocycles. The van der Waals surface area contributed by atoms with Crippen molar-refractivity contribution in [3.05, 3.63) is 35.4 Å². The van der Waals surface area contributed by atoms with Gasteiger partial charge in [-0.05, 0) is 36.6 Å². The van der Waals surface area contributed by atoms with Crippen molar-refractivity contribution in [3.8, 4) is 0 Å². The number of alkyl halides is 3. The molecule has 0 bridgehead atoms. The Balaban J connectivity index is 2.16. The fraction of sp³-hybridized carbons (Fsp3) is 0.600. The van der Waals surface area contributed by atoms with Crippen LogP contribution in [0.4, 0.5) is 13.2 Å². The van der Waals surface area contributed by atoms with E-state index in [0.717, 1.165) is 37.3 Å². The molecule has 0 spiro atoms. The normalized spacial score (nSPS) is 12.1. The Labute approximate surface area is 118 Å². The molecule has 0 atom stereocenters. The van der Waals surface area contributed by atoms with Crippen LogP contribution in [0.25, 0.3) is 0 Å². The lowest BCUT2D eigenvalue weighted by atomic mass is 10.1. The van der Waals surface area contributed by atoms with Gasteiger partial charge in [0, 0.05) is 19.8 Å². The maximum absolute atomic E-state index is 12.4. The van der Waals surface area contributed by atoms with Crippen molar-refractivity contribution < 1.29 is 17.9 Å². The lowest BCUT2D eigenvalue weighted by Crippen LogP contribution is -2.17. The van der Waals surface area contributed by atoms with Gasteiger partial charge in [-0.2, -0.15) is 13.2 Å². The molecule has 0 fully saturated rings. The molecule has 0 heterocycles. The molecule has 1 rings (SSSR count). The van der Waals surface area contributed by atoms with Crippen LogP contribution in [0.1, 0.15) is 31.4 Å². The molecular weight excluding hydrogens is 267 g/mol. The molecule has 0 saturated carbocycles. The zero-order chi connectivity index (χ0) is 15.0. The van der Waals surface area contributed by atoms with E-state index in [2.05, 4.69) is 19.2 Å². The Kier molecular flexibility index (Phi) is 7.02. The summed E-state index contributed by atoms with van der Waals surface area (Å²) in [7, 11) is 0. The van der Waals surface area contributed by atoms with Gasteiger partial charge in [0.2, 0.25) is 0 Å². The highest BCUT2D eigenvalue weighted by molar-refractivity contribution is 5.24. The molecule has 0 aliphatic carbocycles. The first-order valence-corrected chi connectivity index (χ1v) is 6.84. The van der Waals surface area contributed by atoms with Crippen molar-refractivity contribution in [2.24, 2.45) is 5.92 Å². The van der Waals surface area contributed by atoms with Gasteiger partial charge in [0.1, 0.15) is 0 Å². The van der Waals surface area contributed by atoms with Crippen LogP contribution in [-0.4, -0.2) is 19.8 Å². The maximum atomic E-state index is 12.4. The molecule has 0 unspecified atom stereocenters. The molecule has 20 heavy (non-hydrogen) atoms. The van der Waals surface area contributed by atoms with E-state index in [-0.39, 0.29) is 0 Å². The van der Waals surface area contributed by atoms with Gasteiger partial charge in [-0.3, -0.25) is 0 Å². The van der Waals surface area contributed by atoms with Crippen molar-refractivity contribution in [1.29, 1.82) is 0 Å². The first-order valence-electron chi connectivity index (χ1n) is 6.84. The van der Waals surface area contributed by atoms with Crippen LogP contribution in [0.15, 0.2) is 24.3 Å². The zero-order valence-electron chi connectivity index (χ0n) is 12.0. The highest BCUT2D eigenvalue weighted by atomic mass is 19.4. The Morgan fingerprint density at radius 2 is 1.80 bits per heavy atom. The van der Waals surface area contributed by atoms with E-state index in [0.29, 0.717) is 19.1 Å². The first kappa shape index (κ1) is 17.0. The summed E-state index contributed by atoms with van der Waals surface area (Å²) in [6, 6.07) is 5.24. The third-order valence-electron chi connectivity index (χ3n) is 2.70. The second kappa shape index (κ2) is 8.27. The Bertz CT molecular complexity index is 374. The van der Waals surface area contributed by atoms with E-state index in [1.54, 1.807) is 0 Å². The van der Waals surface area contributed by atoms with Crippen LogP contribution in [-0.2, 0) is 17.5 Å². The zero-order valence-corrected chi connectivity index (χ0v) is 12.0. The van der Waals surface area contributed by atoms with Gasteiger partial charge in [-0.15, -0.1) is 0 Å². The van der Waals surface area contributed by atoms with Gasteiger partial charge >= 0.3 is 6.18 Å². The quantitative estimate of drug-likeness (QED) is 0.734. The highest BCUT2D eigenvalue weighted by Gasteiger charge is 2.29. The molecule has 0 radical (unpaired) electrons. The summed E-state index contributed by atoms with van der Waals surface area (Å²) >= 11 is 0. The molecule has 114 valence electrons. The maximum Gasteiger partial charge on any atom is 0.416 e. The van der Waals surface area contributed by atoms with Crippen LogP contribution in [0.3, 0.4) is 0 Å². The molecule has 0 amide bonds. The van der Waals surface area contributed by atoms with Crippen LogP contribution >= 0.6 is 0 Å². The van der Waals surface area contributed by atoms with E-state index in [1.807, 2.05) is 0 Å². The van der Waals surface area contributed by atoms with Crippen LogP contribution in [0.2, 0.25) is 0 Å². The topological polar surface area (TPSA) is 21.3 Å². The number of halogens is 3. The van der Waals surface area contributed by atoms with E-state index in [9.17, 15) is 13.2 Å². The van der Waals surface area contributed by atoms with Gasteiger partial charge in [0.15, 0.2) is 0 Å². The SMILES string of the molecule is CC(C)COCCCNCc1ccc(C(F)(F)F)cc1. The summed E-state index contributed by atoms with van der Waals surface area (Å²) < 4.78 is 42.6. The molecule has 2 nitrogen and oxygen atoms in total. The summed E-state index contributed by atoms with van der Waals surface area (Å²) in [5, 5.41) is 3.19. The molecule has 0 aliphatic heterocycles. The number of hydrogen-bond acceptors (Lipinski definition) is 2. The van der Waals surface area contributed by atoms with Crippen LogP contribution < -0.4 is 5.32 Å². The van der Waals surface area contributed by atoms with E-state index >= 15 is 0 Å². The van der Waals surface area contributed by atoms with Gasteiger partial charge in [-0.25, -0.2) is 0 Å². The molecule has 0 saturated heterocycles. The van der Waals surface area contributed by atoms with Crippen molar-refractivity contribution in [2.45, 2.75) is 33.0 Å². The first-order chi connectivity index (χ1) is 9.39. The van der Waals surface area contributed by atoms with E-state index in [4.69, 9.17) is 4.74 Å². The fourth-order valence-electron chi connectivity index (χ4n) is 1.66. The number of nitrogens with one attached hydrogen (secondary N) is 1. The Morgan fingerprint density at radius 1 is 1.15 bits per heavy atom. The van der Waals surface area contributed by atoms with Crippen molar-refractivity contribution in [1.82, 2.24) is 5.32 Å². The second-order valence-corrected chi connectivity index (χ2v) is 5.19. The van der Waals surface area contributed by atoms with Crippen LogP contribution in [0.5, 0.6) is 0 Å². The van der Waals surface area contributed by atoms with Gasteiger partial charge in [0.05, 0.1) is 5.56 Å². The fourth-order valence-corrected chi connectivity index (χ4v) is 1.66. The molecule has 0 aliphatic rings. The lowest BCUT2D eigenvalue weighted by molar-refractivity contribution is -0.137. The van der Waals surface area contributed by atoms with Crippen LogP contribution in [0, 0.1) is 5.92 Å². The minimum Gasteiger partial charge on any atom is -0.381 e. The predicted octanol–water partition coefficient (Wildman–Crippen LogP) is 3.86. The number of rotatable bonds is 8. The number of hydrogen-bond donors (Lipinski definition) is 1. The monoisotopic (exact) mass is 289 g/mol. The van der Waals surface area contributed by atoms with Gasteiger partial charge in [-0.1, -0.05) is 26.0 Å². The molecule has 1 N–H and O–H groups in total. The summed E-state index contributed by atoms with van der Waals surface area (Å²) in [5.41, 5.74) is 0.240. The summed E-state index contributed by atoms with van der Waals surface area (Å²) in [6.45, 7) is 7.03. The van der Waals surface area contributed by atoms with Gasteiger partial charge in [0.25, 0.3) is 0 Å². The molecule has 5 heteroatoms. The minimum absolute atomic E-state index is 0.537. The lowest BCUT2D eigenvalue weighted by Gasteiger charge is -2.09. The molecular formula is C15H22F3NO. The van der Waals surface area contributed by atoms with Crippen molar-refractivity contribution in [2.75, 3.05) is 19.8 Å². The third-order valence-corrected chi connectivity index (χ3v) is 2.70. The largest absolute Gasteiger partial charge is 0.416 e. The van der Waals surface area contributed by atoms with E-state index < -0.39 is 11.7 Å². The van der Waals surface area contributed by atoms with Crippen molar-refractivity contribution in [3.63, 3.8) is 0 Å². The smallest absolute Gasteiger partial charge is 0.381 e. The standard InChI is InChI=1S/C15H22F3NO/c1-12(2)11-20-9-3-8-19-10-13-4-6-14(7-5-13)15(16,17)18/h4-7,12,19H,3,8-11H2,1-2H3. The van der Waals surface area contributed by atoms with Crippen molar-refractivity contribution >= 4 is 0 Å². The highest BCUT2D eigenvalue weighted by Crippen LogP contribution is 2.28. The summed E-state index contributed by atoms with van der Waals surface area (Å²) in [6.07, 6.45) is -3.37. The Hall–Kier alpha value is -1.07. The molecule has 1 aromatic rings. The second-order valence-electron chi connectivity index (χ2n) is 5.19. The summed E-state index contributed by atoms with van der Waals surface area (Å²) in [4.78, 5) is 0. The average Bonchev–Trinajstić information content (AvgIpc) is 2.37. The predicted molar refractivity (Wildman–Crippen MR) is 73.4 cm³/mol. The number of benzene rings is 1. The molecule has 0 aromatic heterocycles. The average molecular weight is 289 g/mol. The Morgan fingerprint density at radius 3 is 2.35 bits per heavy atom. The minimum atomic E-state index is -4.26. The summed E-state index contributed by atoms with van der Waals surface area (Å²) in [5.74, 6) is 0.537. The van der Waals surface area contributed by atoms with Gasteiger partial charge < -0.3 is 10.1 Å².